The molecule has 13 aromatic rings. The SMILES string of the molecule is c1ccc(-n2c3ccccc3c3ccc(-c4ccc5c(c4)c4ccc6ccccc6c4n5-c4ccc(-c5ccc6c(c5)-c5cccc7cccc-6c57)c5ccccc45)cc32)cc1. The quantitative estimate of drug-likeness (QED) is 0.168. The monoisotopic (exact) mass is 784 g/mol. The van der Waals surface area contributed by atoms with Crippen LogP contribution >= 0.6 is 0 Å². The molecule has 1 aliphatic rings. The molecule has 0 unspecified atom stereocenters. The summed E-state index contributed by atoms with van der Waals surface area (Å²) in [5.41, 5.74) is 17.4. The van der Waals surface area contributed by atoms with Gasteiger partial charge >= 0.3 is 0 Å². The van der Waals surface area contributed by atoms with E-state index in [2.05, 4.69) is 228 Å². The topological polar surface area (TPSA) is 9.86 Å². The van der Waals surface area contributed by atoms with Crippen molar-refractivity contribution in [3.63, 3.8) is 0 Å². The molecule has 0 bridgehead atoms. The third-order valence-corrected chi connectivity index (χ3v) is 13.6. The molecular weight excluding hydrogens is 749 g/mol. The van der Waals surface area contributed by atoms with Gasteiger partial charge in [0, 0.05) is 38.0 Å². The number of benzene rings is 11. The molecule has 2 nitrogen and oxygen atoms in total. The van der Waals surface area contributed by atoms with Crippen molar-refractivity contribution in [2.45, 2.75) is 0 Å². The number of fused-ring (bicyclic) bond motifs is 12. The zero-order chi connectivity index (χ0) is 40.5. The van der Waals surface area contributed by atoms with Gasteiger partial charge in [0.1, 0.15) is 0 Å². The average Bonchev–Trinajstić information content (AvgIpc) is 3.97. The van der Waals surface area contributed by atoms with Crippen LogP contribution in [0.15, 0.2) is 218 Å². The maximum absolute atomic E-state index is 2.53. The Labute approximate surface area is 357 Å². The highest BCUT2D eigenvalue weighted by atomic mass is 15.0. The van der Waals surface area contributed by atoms with Gasteiger partial charge in [0.05, 0.1) is 27.8 Å². The molecule has 0 amide bonds. The van der Waals surface area contributed by atoms with Crippen LogP contribution in [0.25, 0.3) is 132 Å². The number of rotatable bonds is 4. The van der Waals surface area contributed by atoms with E-state index in [9.17, 15) is 0 Å². The third-order valence-electron chi connectivity index (χ3n) is 13.6. The van der Waals surface area contributed by atoms with Gasteiger partial charge in [-0.05, 0) is 115 Å². The lowest BCUT2D eigenvalue weighted by molar-refractivity contribution is 1.18. The first-order valence-corrected chi connectivity index (χ1v) is 21.5. The highest BCUT2D eigenvalue weighted by Crippen LogP contribution is 2.49. The summed E-state index contributed by atoms with van der Waals surface area (Å²) in [6.07, 6.45) is 0. The van der Waals surface area contributed by atoms with Crippen molar-refractivity contribution in [1.29, 1.82) is 0 Å². The van der Waals surface area contributed by atoms with E-state index in [4.69, 9.17) is 0 Å². The fourth-order valence-electron chi connectivity index (χ4n) is 10.9. The van der Waals surface area contributed by atoms with Crippen molar-refractivity contribution in [3.8, 4) is 55.9 Å². The van der Waals surface area contributed by atoms with Crippen molar-refractivity contribution in [2.24, 2.45) is 0 Å². The fraction of sp³-hybridized carbons (Fsp3) is 0. The van der Waals surface area contributed by atoms with E-state index in [1.165, 1.54) is 132 Å². The van der Waals surface area contributed by atoms with Crippen LogP contribution in [-0.2, 0) is 0 Å². The first-order valence-electron chi connectivity index (χ1n) is 21.5. The Hall–Kier alpha value is -8.20. The van der Waals surface area contributed by atoms with Crippen LogP contribution in [0.1, 0.15) is 0 Å². The van der Waals surface area contributed by atoms with Crippen molar-refractivity contribution in [3.05, 3.63) is 218 Å². The number of nitrogens with zero attached hydrogens (tertiary/aromatic N) is 2. The normalized spacial score (nSPS) is 12.2. The highest BCUT2D eigenvalue weighted by Gasteiger charge is 2.23. The molecule has 286 valence electrons. The zero-order valence-corrected chi connectivity index (χ0v) is 33.7. The lowest BCUT2D eigenvalue weighted by atomic mass is 9.93. The van der Waals surface area contributed by atoms with Crippen LogP contribution in [0.5, 0.6) is 0 Å². The van der Waals surface area contributed by atoms with E-state index in [0.29, 0.717) is 0 Å². The van der Waals surface area contributed by atoms with Gasteiger partial charge in [0.25, 0.3) is 0 Å². The standard InChI is InChI=1S/C60H36N2/c1-2-15-42(16-3-1)61-55-23-9-8-20-48(55)49-29-25-40(36-58(49)61)39-27-32-57-54(34-39)52-30-24-37-12-4-5-17-44(37)60(52)62(57)56-33-31-43(45-18-6-7-19-47(45)56)41-26-28-46-50-21-10-13-38-14-11-22-51(59(38)50)53(46)35-41/h1-36H. The van der Waals surface area contributed by atoms with E-state index in [1.807, 2.05) is 0 Å². The molecule has 2 aromatic heterocycles. The minimum Gasteiger partial charge on any atom is -0.309 e. The van der Waals surface area contributed by atoms with Crippen LogP contribution in [0, 0.1) is 0 Å². The van der Waals surface area contributed by atoms with Gasteiger partial charge < -0.3 is 9.13 Å². The van der Waals surface area contributed by atoms with Crippen LogP contribution in [0.4, 0.5) is 0 Å². The van der Waals surface area contributed by atoms with E-state index in [1.54, 1.807) is 0 Å². The van der Waals surface area contributed by atoms with E-state index in [-0.39, 0.29) is 0 Å². The summed E-state index contributed by atoms with van der Waals surface area (Å²) in [4.78, 5) is 0. The molecule has 0 radical (unpaired) electrons. The Bertz CT molecular complexity index is 4030. The summed E-state index contributed by atoms with van der Waals surface area (Å²) >= 11 is 0. The average molecular weight is 785 g/mol. The maximum atomic E-state index is 2.53. The number of hydrogen-bond acceptors (Lipinski definition) is 0. The molecule has 62 heavy (non-hydrogen) atoms. The highest BCUT2D eigenvalue weighted by molar-refractivity contribution is 6.21. The van der Waals surface area contributed by atoms with Crippen LogP contribution in [0.2, 0.25) is 0 Å². The number of aromatic nitrogens is 2. The predicted octanol–water partition coefficient (Wildman–Crippen LogP) is 16.3. The van der Waals surface area contributed by atoms with Crippen LogP contribution in [-0.4, -0.2) is 9.13 Å². The minimum absolute atomic E-state index is 1.17. The molecule has 0 saturated heterocycles. The fourth-order valence-corrected chi connectivity index (χ4v) is 10.9. The summed E-state index contributed by atoms with van der Waals surface area (Å²) in [6, 6.07) is 81.1. The van der Waals surface area contributed by atoms with E-state index < -0.39 is 0 Å². The maximum Gasteiger partial charge on any atom is 0.0619 e. The molecular formula is C60H36N2. The summed E-state index contributed by atoms with van der Waals surface area (Å²) in [7, 11) is 0. The lowest BCUT2D eigenvalue weighted by Crippen LogP contribution is -1.97. The second kappa shape index (κ2) is 12.7. The van der Waals surface area contributed by atoms with Gasteiger partial charge in [-0.2, -0.15) is 0 Å². The first kappa shape index (κ1) is 33.6. The van der Waals surface area contributed by atoms with Crippen molar-refractivity contribution in [1.82, 2.24) is 9.13 Å². The smallest absolute Gasteiger partial charge is 0.0619 e. The van der Waals surface area contributed by atoms with Gasteiger partial charge in [-0.1, -0.05) is 170 Å². The molecule has 0 saturated carbocycles. The van der Waals surface area contributed by atoms with Crippen LogP contribution < -0.4 is 0 Å². The van der Waals surface area contributed by atoms with E-state index in [0.717, 1.165) is 0 Å². The Balaban J connectivity index is 0.978. The summed E-state index contributed by atoms with van der Waals surface area (Å²) < 4.78 is 4.93. The van der Waals surface area contributed by atoms with Gasteiger partial charge in [-0.25, -0.2) is 0 Å². The van der Waals surface area contributed by atoms with Crippen molar-refractivity contribution < 1.29 is 0 Å². The summed E-state index contributed by atoms with van der Waals surface area (Å²) in [5, 5.41) is 12.6. The molecule has 1 aliphatic carbocycles. The Morgan fingerprint density at radius 2 is 0.887 bits per heavy atom. The number of hydrogen-bond donors (Lipinski definition) is 0. The van der Waals surface area contributed by atoms with Crippen molar-refractivity contribution >= 4 is 75.9 Å². The minimum atomic E-state index is 1.17. The second-order valence-corrected chi connectivity index (χ2v) is 16.8. The molecule has 2 heteroatoms. The third kappa shape index (κ3) is 4.64. The van der Waals surface area contributed by atoms with Gasteiger partial charge in [-0.15, -0.1) is 0 Å². The Morgan fingerprint density at radius 3 is 1.76 bits per heavy atom. The largest absolute Gasteiger partial charge is 0.309 e. The lowest BCUT2D eigenvalue weighted by Gasteiger charge is -2.16. The second-order valence-electron chi connectivity index (χ2n) is 16.8. The van der Waals surface area contributed by atoms with Crippen molar-refractivity contribution in [2.75, 3.05) is 0 Å². The number of para-hydroxylation sites is 2. The van der Waals surface area contributed by atoms with E-state index >= 15 is 0 Å². The summed E-state index contributed by atoms with van der Waals surface area (Å²) in [5.74, 6) is 0. The molecule has 0 atom stereocenters. The molecule has 2 heterocycles. The molecule has 0 aliphatic heterocycles. The Kier molecular flexibility index (Phi) is 6.86. The molecule has 0 fully saturated rings. The van der Waals surface area contributed by atoms with Crippen LogP contribution in [0.3, 0.4) is 0 Å². The zero-order valence-electron chi connectivity index (χ0n) is 33.7. The summed E-state index contributed by atoms with van der Waals surface area (Å²) in [6.45, 7) is 0. The van der Waals surface area contributed by atoms with Gasteiger partial charge in [0.2, 0.25) is 0 Å². The first-order chi connectivity index (χ1) is 30.8. The molecule has 14 rings (SSSR count). The molecule has 11 aromatic carbocycles. The Morgan fingerprint density at radius 1 is 0.258 bits per heavy atom. The molecule has 0 spiro atoms. The van der Waals surface area contributed by atoms with Gasteiger partial charge in [0.15, 0.2) is 0 Å². The predicted molar refractivity (Wildman–Crippen MR) is 263 cm³/mol. The molecule has 0 N–H and O–H groups in total. The van der Waals surface area contributed by atoms with Gasteiger partial charge in [-0.3, -0.25) is 0 Å².